The fraction of sp³-hybridized carbons (Fsp3) is 0.278. The number of methoxy groups -OCH3 is 2. The maximum Gasteiger partial charge on any atom is 0.246 e. The largest absolute Gasteiger partial charge is 0.495 e. The van der Waals surface area contributed by atoms with Crippen molar-refractivity contribution < 1.29 is 23.7 Å². The first kappa shape index (κ1) is 18.0. The lowest BCUT2D eigenvalue weighted by Gasteiger charge is -2.18. The van der Waals surface area contributed by atoms with Gasteiger partial charge in [0, 0.05) is 17.8 Å². The van der Waals surface area contributed by atoms with E-state index in [1.165, 1.54) is 14.2 Å². The van der Waals surface area contributed by atoms with Crippen LogP contribution in [0.1, 0.15) is 6.92 Å². The van der Waals surface area contributed by atoms with Crippen LogP contribution in [0.5, 0.6) is 23.0 Å². The predicted octanol–water partition coefficient (Wildman–Crippen LogP) is 3.53. The Kier molecular flexibility index (Phi) is 5.27. The van der Waals surface area contributed by atoms with Gasteiger partial charge in [-0.05, 0) is 25.1 Å². The Bertz CT molecular complexity index is 827. The molecule has 1 aliphatic rings. The molecule has 0 saturated carbocycles. The van der Waals surface area contributed by atoms with E-state index in [4.69, 9.17) is 30.5 Å². The van der Waals surface area contributed by atoms with Crippen molar-refractivity contribution in [2.75, 3.05) is 31.6 Å². The highest BCUT2D eigenvalue weighted by molar-refractivity contribution is 6.32. The predicted molar refractivity (Wildman–Crippen MR) is 98.8 cm³/mol. The fourth-order valence-electron chi connectivity index (χ4n) is 2.50. The van der Waals surface area contributed by atoms with Crippen LogP contribution < -0.4 is 29.6 Å². The van der Waals surface area contributed by atoms with Gasteiger partial charge < -0.3 is 29.6 Å². The third kappa shape index (κ3) is 3.72. The zero-order chi connectivity index (χ0) is 18.7. The number of amides is 1. The van der Waals surface area contributed by atoms with Crippen LogP contribution in [-0.4, -0.2) is 33.0 Å². The first-order valence-electron chi connectivity index (χ1n) is 7.90. The standard InChI is InChI=1S/C18H19ClN2O5/c1-10(20-13-7-12(19)15(23-2)8-16(13)24-3)18(22)21-11-4-5-14-17(6-11)26-9-25-14/h4-8,10,20H,9H2,1-3H3,(H,21,22). The molecule has 1 heterocycles. The molecule has 1 amide bonds. The van der Waals surface area contributed by atoms with Gasteiger partial charge >= 0.3 is 0 Å². The number of hydrogen-bond donors (Lipinski definition) is 2. The van der Waals surface area contributed by atoms with Crippen molar-refractivity contribution in [1.29, 1.82) is 0 Å². The van der Waals surface area contributed by atoms with Crippen molar-refractivity contribution in [3.8, 4) is 23.0 Å². The maximum atomic E-state index is 12.5. The van der Waals surface area contributed by atoms with Crippen molar-refractivity contribution in [1.82, 2.24) is 0 Å². The summed E-state index contributed by atoms with van der Waals surface area (Å²) in [6.07, 6.45) is 0. The molecule has 2 aromatic carbocycles. The second kappa shape index (κ2) is 7.61. The summed E-state index contributed by atoms with van der Waals surface area (Å²) in [6, 6.07) is 8.00. The quantitative estimate of drug-likeness (QED) is 0.800. The molecule has 0 aromatic heterocycles. The smallest absolute Gasteiger partial charge is 0.246 e. The van der Waals surface area contributed by atoms with Crippen LogP contribution in [-0.2, 0) is 4.79 Å². The molecular weight excluding hydrogens is 360 g/mol. The summed E-state index contributed by atoms with van der Waals surface area (Å²) in [5, 5.41) is 6.34. The van der Waals surface area contributed by atoms with E-state index in [1.54, 1.807) is 37.3 Å². The molecule has 0 aliphatic carbocycles. The number of carbonyl (C=O) groups excluding carboxylic acids is 1. The minimum absolute atomic E-state index is 0.183. The molecule has 7 nitrogen and oxygen atoms in total. The zero-order valence-corrected chi connectivity index (χ0v) is 15.3. The Morgan fingerprint density at radius 2 is 1.85 bits per heavy atom. The van der Waals surface area contributed by atoms with Gasteiger partial charge in [-0.25, -0.2) is 0 Å². The molecule has 0 bridgehead atoms. The van der Waals surface area contributed by atoms with Crippen LogP contribution >= 0.6 is 11.6 Å². The molecule has 2 N–H and O–H groups in total. The molecule has 0 saturated heterocycles. The molecular formula is C18H19ClN2O5. The van der Waals surface area contributed by atoms with E-state index in [0.29, 0.717) is 39.4 Å². The molecule has 0 spiro atoms. The van der Waals surface area contributed by atoms with Crippen molar-refractivity contribution in [3.05, 3.63) is 35.4 Å². The Balaban J connectivity index is 1.70. The van der Waals surface area contributed by atoms with Gasteiger partial charge in [-0.2, -0.15) is 0 Å². The Morgan fingerprint density at radius 3 is 2.58 bits per heavy atom. The Labute approximate surface area is 156 Å². The molecule has 8 heteroatoms. The van der Waals surface area contributed by atoms with Crippen LogP contribution in [0.15, 0.2) is 30.3 Å². The summed E-state index contributed by atoms with van der Waals surface area (Å²) < 4.78 is 21.1. The van der Waals surface area contributed by atoms with E-state index in [0.717, 1.165) is 0 Å². The van der Waals surface area contributed by atoms with E-state index < -0.39 is 6.04 Å². The molecule has 26 heavy (non-hydrogen) atoms. The van der Waals surface area contributed by atoms with E-state index in [2.05, 4.69) is 10.6 Å². The number of carbonyl (C=O) groups is 1. The number of rotatable bonds is 6. The van der Waals surface area contributed by atoms with E-state index >= 15 is 0 Å². The summed E-state index contributed by atoms with van der Waals surface area (Å²) in [5.74, 6) is 2.05. The molecule has 2 aromatic rings. The van der Waals surface area contributed by atoms with Gasteiger partial charge in [0.1, 0.15) is 17.5 Å². The third-order valence-electron chi connectivity index (χ3n) is 3.88. The summed E-state index contributed by atoms with van der Waals surface area (Å²) in [7, 11) is 3.06. The SMILES string of the molecule is COc1cc(OC)c(NC(C)C(=O)Nc2ccc3c(c2)OCO3)cc1Cl. The van der Waals surface area contributed by atoms with Gasteiger partial charge in [0.15, 0.2) is 11.5 Å². The first-order chi connectivity index (χ1) is 12.5. The monoisotopic (exact) mass is 378 g/mol. The molecule has 1 aliphatic heterocycles. The average Bonchev–Trinajstić information content (AvgIpc) is 3.09. The van der Waals surface area contributed by atoms with Crippen molar-refractivity contribution in [2.24, 2.45) is 0 Å². The molecule has 0 radical (unpaired) electrons. The van der Waals surface area contributed by atoms with Crippen molar-refractivity contribution >= 4 is 28.9 Å². The normalized spacial score (nSPS) is 13.1. The van der Waals surface area contributed by atoms with Crippen LogP contribution in [0.25, 0.3) is 0 Å². The summed E-state index contributed by atoms with van der Waals surface area (Å²) >= 11 is 6.16. The topological polar surface area (TPSA) is 78.1 Å². The highest BCUT2D eigenvalue weighted by Gasteiger charge is 2.19. The zero-order valence-electron chi connectivity index (χ0n) is 14.6. The Morgan fingerprint density at radius 1 is 1.12 bits per heavy atom. The minimum atomic E-state index is -0.543. The molecule has 138 valence electrons. The molecule has 0 fully saturated rings. The van der Waals surface area contributed by atoms with E-state index in [1.807, 2.05) is 0 Å². The summed E-state index contributed by atoms with van der Waals surface area (Å²) in [4.78, 5) is 12.5. The number of nitrogens with one attached hydrogen (secondary N) is 2. The minimum Gasteiger partial charge on any atom is -0.495 e. The average molecular weight is 379 g/mol. The van der Waals surface area contributed by atoms with Gasteiger partial charge in [0.2, 0.25) is 12.7 Å². The number of ether oxygens (including phenoxy) is 4. The number of fused-ring (bicyclic) bond motifs is 1. The van der Waals surface area contributed by atoms with Crippen LogP contribution in [0.2, 0.25) is 5.02 Å². The van der Waals surface area contributed by atoms with Crippen molar-refractivity contribution in [3.63, 3.8) is 0 Å². The number of anilines is 2. The second-order valence-corrected chi connectivity index (χ2v) is 6.02. The van der Waals surface area contributed by atoms with Gasteiger partial charge in [-0.3, -0.25) is 4.79 Å². The van der Waals surface area contributed by atoms with E-state index in [-0.39, 0.29) is 12.7 Å². The van der Waals surface area contributed by atoms with Crippen LogP contribution in [0, 0.1) is 0 Å². The van der Waals surface area contributed by atoms with Gasteiger partial charge in [-0.1, -0.05) is 11.6 Å². The number of hydrogen-bond acceptors (Lipinski definition) is 6. The Hall–Kier alpha value is -2.80. The van der Waals surface area contributed by atoms with Crippen molar-refractivity contribution in [2.45, 2.75) is 13.0 Å². The van der Waals surface area contributed by atoms with Crippen LogP contribution in [0.3, 0.4) is 0 Å². The van der Waals surface area contributed by atoms with Gasteiger partial charge in [0.05, 0.1) is 24.9 Å². The lowest BCUT2D eigenvalue weighted by Crippen LogP contribution is -2.32. The van der Waals surface area contributed by atoms with Crippen LogP contribution in [0.4, 0.5) is 11.4 Å². The van der Waals surface area contributed by atoms with Gasteiger partial charge in [-0.15, -0.1) is 0 Å². The number of halogens is 1. The summed E-state index contributed by atoms with van der Waals surface area (Å²) in [6.45, 7) is 1.92. The van der Waals surface area contributed by atoms with E-state index in [9.17, 15) is 4.79 Å². The molecule has 1 atom stereocenters. The third-order valence-corrected chi connectivity index (χ3v) is 4.17. The molecule has 1 unspecified atom stereocenters. The fourth-order valence-corrected chi connectivity index (χ4v) is 2.74. The highest BCUT2D eigenvalue weighted by Crippen LogP contribution is 2.36. The van der Waals surface area contributed by atoms with Gasteiger partial charge in [0.25, 0.3) is 0 Å². The lowest BCUT2D eigenvalue weighted by atomic mass is 10.2. The maximum absolute atomic E-state index is 12.5. The molecule has 3 rings (SSSR count). The number of benzene rings is 2. The lowest BCUT2D eigenvalue weighted by molar-refractivity contribution is -0.116. The second-order valence-electron chi connectivity index (χ2n) is 5.61. The highest BCUT2D eigenvalue weighted by atomic mass is 35.5. The first-order valence-corrected chi connectivity index (χ1v) is 8.28. The summed E-state index contributed by atoms with van der Waals surface area (Å²) in [5.41, 5.74) is 1.21.